The number of esters is 1. The molecule has 1 saturated carbocycles. The van der Waals surface area contributed by atoms with Crippen LogP contribution in [0.15, 0.2) is 23.1 Å². The quantitative estimate of drug-likeness (QED) is 0.844. The molecule has 1 atom stereocenters. The summed E-state index contributed by atoms with van der Waals surface area (Å²) in [5, 5.41) is 0. The zero-order valence-electron chi connectivity index (χ0n) is 11.9. The first-order chi connectivity index (χ1) is 9.85. The Morgan fingerprint density at radius 1 is 1.43 bits per heavy atom. The number of sulfonamides is 1. The summed E-state index contributed by atoms with van der Waals surface area (Å²) in [4.78, 5) is 11.3. The SMILES string of the molecule is COC(=O)c1ccc(F)cc1S(=O)(=O)NC(C)C1CCC1. The minimum Gasteiger partial charge on any atom is -0.465 e. The lowest BCUT2D eigenvalue weighted by atomic mass is 9.81. The van der Waals surface area contributed by atoms with Gasteiger partial charge in [-0.1, -0.05) is 6.42 Å². The summed E-state index contributed by atoms with van der Waals surface area (Å²) in [5.41, 5.74) is -0.174. The second-order valence-corrected chi connectivity index (χ2v) is 6.92. The largest absolute Gasteiger partial charge is 0.465 e. The summed E-state index contributed by atoms with van der Waals surface area (Å²) in [6.45, 7) is 1.78. The van der Waals surface area contributed by atoms with Gasteiger partial charge in [-0.05, 0) is 43.9 Å². The van der Waals surface area contributed by atoms with E-state index in [1.807, 2.05) is 0 Å². The first-order valence-electron chi connectivity index (χ1n) is 6.75. The van der Waals surface area contributed by atoms with Crippen LogP contribution in [0.3, 0.4) is 0 Å². The molecular weight excluding hydrogens is 297 g/mol. The van der Waals surface area contributed by atoms with Crippen LogP contribution in [0.4, 0.5) is 4.39 Å². The number of benzene rings is 1. The van der Waals surface area contributed by atoms with Crippen LogP contribution in [-0.2, 0) is 14.8 Å². The van der Waals surface area contributed by atoms with E-state index in [4.69, 9.17) is 0 Å². The van der Waals surface area contributed by atoms with Crippen LogP contribution in [0, 0.1) is 11.7 Å². The Labute approximate surface area is 123 Å². The maximum Gasteiger partial charge on any atom is 0.339 e. The van der Waals surface area contributed by atoms with Gasteiger partial charge in [0.1, 0.15) is 5.82 Å². The Morgan fingerprint density at radius 3 is 2.62 bits per heavy atom. The average Bonchev–Trinajstić information content (AvgIpc) is 2.35. The minimum atomic E-state index is -3.98. The molecule has 5 nitrogen and oxygen atoms in total. The summed E-state index contributed by atoms with van der Waals surface area (Å²) in [5.74, 6) is -1.25. The normalized spacial score (nSPS) is 17.1. The molecule has 0 amide bonds. The van der Waals surface area contributed by atoms with Crippen LogP contribution >= 0.6 is 0 Å². The van der Waals surface area contributed by atoms with Crippen molar-refractivity contribution >= 4 is 16.0 Å². The van der Waals surface area contributed by atoms with Crippen molar-refractivity contribution in [1.29, 1.82) is 0 Å². The second kappa shape index (κ2) is 6.11. The highest BCUT2D eigenvalue weighted by molar-refractivity contribution is 7.89. The number of carbonyl (C=O) groups is 1. The molecule has 116 valence electrons. The lowest BCUT2D eigenvalue weighted by Gasteiger charge is -2.31. The van der Waals surface area contributed by atoms with Crippen LogP contribution in [0.2, 0.25) is 0 Å². The number of ether oxygens (including phenoxy) is 1. The lowest BCUT2D eigenvalue weighted by molar-refractivity contribution is 0.0596. The molecule has 1 fully saturated rings. The summed E-state index contributed by atoms with van der Waals surface area (Å²) >= 11 is 0. The Bertz CT molecular complexity index is 640. The maximum absolute atomic E-state index is 13.4. The summed E-state index contributed by atoms with van der Waals surface area (Å²) in [6.07, 6.45) is 3.03. The van der Waals surface area contributed by atoms with Crippen LogP contribution in [0.25, 0.3) is 0 Å². The Kier molecular flexibility index (Phi) is 4.63. The number of carbonyl (C=O) groups excluding carboxylic acids is 1. The third-order valence-electron chi connectivity index (χ3n) is 3.84. The molecule has 1 aromatic carbocycles. The molecule has 0 aromatic heterocycles. The molecule has 1 unspecified atom stereocenters. The van der Waals surface area contributed by atoms with E-state index in [0.717, 1.165) is 44.6 Å². The van der Waals surface area contributed by atoms with E-state index in [-0.39, 0.29) is 22.4 Å². The topological polar surface area (TPSA) is 72.5 Å². The van der Waals surface area contributed by atoms with Crippen molar-refractivity contribution in [2.45, 2.75) is 37.1 Å². The molecule has 7 heteroatoms. The molecule has 0 bridgehead atoms. The molecule has 1 aromatic rings. The number of rotatable bonds is 5. The molecule has 21 heavy (non-hydrogen) atoms. The number of nitrogens with one attached hydrogen (secondary N) is 1. The van der Waals surface area contributed by atoms with Crippen LogP contribution in [-0.4, -0.2) is 27.5 Å². The van der Waals surface area contributed by atoms with E-state index in [1.54, 1.807) is 6.92 Å². The molecular formula is C14H18FNO4S. The van der Waals surface area contributed by atoms with Crippen molar-refractivity contribution in [3.05, 3.63) is 29.6 Å². The fourth-order valence-electron chi connectivity index (χ4n) is 2.34. The van der Waals surface area contributed by atoms with E-state index in [1.165, 1.54) is 0 Å². The first kappa shape index (κ1) is 15.9. The van der Waals surface area contributed by atoms with Crippen molar-refractivity contribution in [1.82, 2.24) is 4.72 Å². The zero-order chi connectivity index (χ0) is 15.6. The van der Waals surface area contributed by atoms with Crippen molar-refractivity contribution in [3.63, 3.8) is 0 Å². The average molecular weight is 315 g/mol. The highest BCUT2D eigenvalue weighted by Crippen LogP contribution is 2.30. The van der Waals surface area contributed by atoms with Gasteiger partial charge in [-0.15, -0.1) is 0 Å². The lowest BCUT2D eigenvalue weighted by Crippen LogP contribution is -2.41. The van der Waals surface area contributed by atoms with Crippen LogP contribution in [0.5, 0.6) is 0 Å². The number of hydrogen-bond donors (Lipinski definition) is 1. The molecule has 0 aliphatic heterocycles. The fourth-order valence-corrected chi connectivity index (χ4v) is 3.86. The third kappa shape index (κ3) is 3.41. The number of halogens is 1. The van der Waals surface area contributed by atoms with Crippen molar-refractivity contribution in [2.75, 3.05) is 7.11 Å². The van der Waals surface area contributed by atoms with Gasteiger partial charge in [-0.3, -0.25) is 0 Å². The summed E-state index contributed by atoms with van der Waals surface area (Å²) < 4.78 is 45.2. The van der Waals surface area contributed by atoms with E-state index >= 15 is 0 Å². The van der Waals surface area contributed by atoms with E-state index in [2.05, 4.69) is 9.46 Å². The predicted octanol–water partition coefficient (Wildman–Crippen LogP) is 2.08. The zero-order valence-corrected chi connectivity index (χ0v) is 12.7. The van der Waals surface area contributed by atoms with Gasteiger partial charge in [0.2, 0.25) is 10.0 Å². The molecule has 1 aliphatic rings. The summed E-state index contributed by atoms with van der Waals surface area (Å²) in [7, 11) is -2.83. The van der Waals surface area contributed by atoms with Gasteiger partial charge in [0.05, 0.1) is 17.6 Å². The van der Waals surface area contributed by atoms with Crippen molar-refractivity contribution in [2.24, 2.45) is 5.92 Å². The minimum absolute atomic E-state index is 0.174. The highest BCUT2D eigenvalue weighted by atomic mass is 32.2. The van der Waals surface area contributed by atoms with Crippen molar-refractivity contribution in [3.8, 4) is 0 Å². The number of hydrogen-bond acceptors (Lipinski definition) is 4. The summed E-state index contributed by atoms with van der Waals surface area (Å²) in [6, 6.07) is 2.73. The van der Waals surface area contributed by atoms with Gasteiger partial charge >= 0.3 is 5.97 Å². The Hall–Kier alpha value is -1.47. The van der Waals surface area contributed by atoms with Gasteiger partial charge in [-0.25, -0.2) is 22.3 Å². The Morgan fingerprint density at radius 2 is 2.10 bits per heavy atom. The maximum atomic E-state index is 13.4. The molecule has 1 N–H and O–H groups in total. The van der Waals surface area contributed by atoms with Crippen LogP contribution < -0.4 is 4.72 Å². The molecule has 0 spiro atoms. The molecule has 1 aliphatic carbocycles. The van der Waals surface area contributed by atoms with E-state index < -0.39 is 21.8 Å². The third-order valence-corrected chi connectivity index (χ3v) is 5.44. The smallest absolute Gasteiger partial charge is 0.339 e. The van der Waals surface area contributed by atoms with Gasteiger partial charge in [0, 0.05) is 6.04 Å². The Balaban J connectivity index is 2.33. The van der Waals surface area contributed by atoms with E-state index in [0.29, 0.717) is 0 Å². The number of methoxy groups -OCH3 is 1. The van der Waals surface area contributed by atoms with Crippen molar-refractivity contribution < 1.29 is 22.3 Å². The van der Waals surface area contributed by atoms with Crippen LogP contribution in [0.1, 0.15) is 36.5 Å². The van der Waals surface area contributed by atoms with E-state index in [9.17, 15) is 17.6 Å². The highest BCUT2D eigenvalue weighted by Gasteiger charge is 2.30. The first-order valence-corrected chi connectivity index (χ1v) is 8.23. The predicted molar refractivity (Wildman–Crippen MR) is 74.9 cm³/mol. The van der Waals surface area contributed by atoms with Gasteiger partial charge in [0.25, 0.3) is 0 Å². The van der Waals surface area contributed by atoms with Gasteiger partial charge < -0.3 is 4.74 Å². The monoisotopic (exact) mass is 315 g/mol. The fraction of sp³-hybridized carbons (Fsp3) is 0.500. The molecule has 0 radical (unpaired) electrons. The molecule has 2 rings (SSSR count). The second-order valence-electron chi connectivity index (χ2n) is 5.23. The van der Waals surface area contributed by atoms with Gasteiger partial charge in [-0.2, -0.15) is 0 Å². The van der Waals surface area contributed by atoms with Gasteiger partial charge in [0.15, 0.2) is 0 Å². The standard InChI is InChI=1S/C14H18FNO4S/c1-9(10-4-3-5-10)16-21(18,19)13-8-11(15)6-7-12(13)14(17)20-2/h6-10,16H,3-5H2,1-2H3. The molecule has 0 heterocycles. The molecule has 0 saturated heterocycles.